The fraction of sp³-hybridized carbons (Fsp3) is 0.500. The number of oxazole rings is 1. The van der Waals surface area contributed by atoms with Gasteiger partial charge < -0.3 is 14.8 Å². The average molecular weight is 226 g/mol. The van der Waals surface area contributed by atoms with Crippen LogP contribution in [0.1, 0.15) is 30.1 Å². The first-order valence-electron chi connectivity index (χ1n) is 4.87. The minimum Gasteiger partial charge on any atom is -0.480 e. The quantitative estimate of drug-likeness (QED) is 0.792. The predicted octanol–water partition coefficient (Wildman–Crippen LogP) is 0.822. The summed E-state index contributed by atoms with van der Waals surface area (Å²) in [4.78, 5) is 26.3. The van der Waals surface area contributed by atoms with Crippen LogP contribution >= 0.6 is 0 Å². The Morgan fingerprint density at radius 2 is 2.12 bits per heavy atom. The average Bonchev–Trinajstić information content (AvgIpc) is 2.59. The second-order valence-corrected chi connectivity index (χ2v) is 3.80. The number of nitrogens with zero attached hydrogens (tertiary/aromatic N) is 1. The molecule has 0 aliphatic rings. The lowest BCUT2D eigenvalue weighted by Gasteiger charge is -2.16. The number of aliphatic carboxylic acids is 1. The molecule has 0 aliphatic carbocycles. The molecule has 0 aliphatic heterocycles. The first-order chi connectivity index (χ1) is 7.43. The highest BCUT2D eigenvalue weighted by Crippen LogP contribution is 2.07. The Balaban J connectivity index is 2.77. The number of amides is 1. The molecule has 1 heterocycles. The van der Waals surface area contributed by atoms with Crippen LogP contribution in [-0.2, 0) is 4.79 Å². The third-order valence-electron chi connectivity index (χ3n) is 2.17. The fourth-order valence-corrected chi connectivity index (χ4v) is 1.24. The number of hydrogen-bond acceptors (Lipinski definition) is 4. The molecule has 0 bridgehead atoms. The smallest absolute Gasteiger partial charge is 0.326 e. The van der Waals surface area contributed by atoms with Crippen LogP contribution in [0, 0.1) is 12.8 Å². The summed E-state index contributed by atoms with van der Waals surface area (Å²) in [6.07, 6.45) is 1.15. The molecular formula is C10H14N2O4. The van der Waals surface area contributed by atoms with Crippen molar-refractivity contribution in [3.05, 3.63) is 17.8 Å². The predicted molar refractivity (Wildman–Crippen MR) is 55.0 cm³/mol. The van der Waals surface area contributed by atoms with Crippen molar-refractivity contribution in [3.63, 3.8) is 0 Å². The monoisotopic (exact) mass is 226 g/mol. The van der Waals surface area contributed by atoms with Gasteiger partial charge in [0.2, 0.25) is 5.76 Å². The molecule has 16 heavy (non-hydrogen) atoms. The summed E-state index contributed by atoms with van der Waals surface area (Å²) >= 11 is 0. The molecule has 1 rings (SSSR count). The van der Waals surface area contributed by atoms with Gasteiger partial charge in [-0.15, -0.1) is 0 Å². The number of carbonyl (C=O) groups is 2. The third-order valence-corrected chi connectivity index (χ3v) is 2.17. The lowest BCUT2D eigenvalue weighted by molar-refractivity contribution is -0.140. The number of aryl methyl sites for hydroxylation is 1. The Morgan fingerprint density at radius 3 is 2.50 bits per heavy atom. The Morgan fingerprint density at radius 1 is 1.50 bits per heavy atom. The largest absolute Gasteiger partial charge is 0.480 e. The van der Waals surface area contributed by atoms with Crippen molar-refractivity contribution in [2.75, 3.05) is 0 Å². The molecule has 6 heteroatoms. The Bertz CT molecular complexity index is 397. The minimum absolute atomic E-state index is 0.0481. The normalized spacial score (nSPS) is 12.5. The maximum absolute atomic E-state index is 11.6. The van der Waals surface area contributed by atoms with Gasteiger partial charge in [-0.3, -0.25) is 4.79 Å². The van der Waals surface area contributed by atoms with E-state index in [1.54, 1.807) is 20.8 Å². The second kappa shape index (κ2) is 4.78. The Hall–Kier alpha value is -1.85. The van der Waals surface area contributed by atoms with Crippen LogP contribution in [0.3, 0.4) is 0 Å². The number of carboxylic acid groups (broad SMARTS) is 1. The van der Waals surface area contributed by atoms with E-state index in [9.17, 15) is 9.59 Å². The Labute approximate surface area is 92.7 Å². The van der Waals surface area contributed by atoms with E-state index in [1.165, 1.54) is 0 Å². The summed E-state index contributed by atoms with van der Waals surface area (Å²) in [7, 11) is 0. The number of nitrogens with one attached hydrogen (secondary N) is 1. The van der Waals surface area contributed by atoms with E-state index < -0.39 is 17.9 Å². The van der Waals surface area contributed by atoms with Crippen molar-refractivity contribution in [2.24, 2.45) is 5.92 Å². The molecule has 0 fully saturated rings. The molecule has 1 amide bonds. The van der Waals surface area contributed by atoms with Crippen molar-refractivity contribution in [1.29, 1.82) is 0 Å². The van der Waals surface area contributed by atoms with Gasteiger partial charge in [-0.2, -0.15) is 0 Å². The fourth-order valence-electron chi connectivity index (χ4n) is 1.24. The van der Waals surface area contributed by atoms with E-state index >= 15 is 0 Å². The van der Waals surface area contributed by atoms with Crippen LogP contribution in [0.4, 0.5) is 0 Å². The molecule has 88 valence electrons. The molecule has 6 nitrogen and oxygen atoms in total. The van der Waals surface area contributed by atoms with Gasteiger partial charge in [0.15, 0.2) is 6.39 Å². The highest BCUT2D eigenvalue weighted by Gasteiger charge is 2.25. The van der Waals surface area contributed by atoms with Crippen molar-refractivity contribution >= 4 is 11.9 Å². The van der Waals surface area contributed by atoms with Gasteiger partial charge in [0.05, 0.1) is 5.69 Å². The molecule has 0 radical (unpaired) electrons. The SMILES string of the molecule is Cc1ncoc1C(=O)NC(C(=O)O)C(C)C. The van der Waals surface area contributed by atoms with Gasteiger partial charge in [-0.25, -0.2) is 9.78 Å². The maximum Gasteiger partial charge on any atom is 0.326 e. The van der Waals surface area contributed by atoms with Crippen molar-refractivity contribution in [3.8, 4) is 0 Å². The number of hydrogen-bond donors (Lipinski definition) is 2. The van der Waals surface area contributed by atoms with Crippen LogP contribution in [0.25, 0.3) is 0 Å². The third kappa shape index (κ3) is 2.59. The van der Waals surface area contributed by atoms with Gasteiger partial charge in [-0.1, -0.05) is 13.8 Å². The summed E-state index contributed by atoms with van der Waals surface area (Å²) < 4.78 is 4.87. The zero-order valence-corrected chi connectivity index (χ0v) is 9.35. The van der Waals surface area contributed by atoms with E-state index in [-0.39, 0.29) is 11.7 Å². The summed E-state index contributed by atoms with van der Waals surface area (Å²) in [5.41, 5.74) is 0.436. The molecule has 1 aromatic heterocycles. The molecule has 0 saturated heterocycles. The number of carboxylic acids is 1. The van der Waals surface area contributed by atoms with E-state index in [2.05, 4.69) is 10.3 Å². The van der Waals surface area contributed by atoms with Crippen LogP contribution < -0.4 is 5.32 Å². The van der Waals surface area contributed by atoms with Gasteiger partial charge in [0, 0.05) is 0 Å². The molecular weight excluding hydrogens is 212 g/mol. The van der Waals surface area contributed by atoms with Gasteiger partial charge >= 0.3 is 5.97 Å². The second-order valence-electron chi connectivity index (χ2n) is 3.80. The summed E-state index contributed by atoms with van der Waals surface area (Å²) in [6, 6.07) is -0.933. The summed E-state index contributed by atoms with van der Waals surface area (Å²) in [5, 5.41) is 11.3. The zero-order valence-electron chi connectivity index (χ0n) is 9.35. The van der Waals surface area contributed by atoms with Crippen LogP contribution in [0.2, 0.25) is 0 Å². The lowest BCUT2D eigenvalue weighted by Crippen LogP contribution is -2.44. The van der Waals surface area contributed by atoms with Gasteiger partial charge in [0.1, 0.15) is 6.04 Å². The molecule has 0 saturated carbocycles. The molecule has 1 atom stereocenters. The highest BCUT2D eigenvalue weighted by molar-refractivity contribution is 5.95. The lowest BCUT2D eigenvalue weighted by atomic mass is 10.0. The Kier molecular flexibility index (Phi) is 3.65. The molecule has 1 unspecified atom stereocenters. The van der Waals surface area contributed by atoms with Crippen molar-refractivity contribution in [2.45, 2.75) is 26.8 Å². The molecule has 2 N–H and O–H groups in total. The first kappa shape index (κ1) is 12.2. The molecule has 0 aromatic carbocycles. The van der Waals surface area contributed by atoms with Gasteiger partial charge in [-0.05, 0) is 12.8 Å². The van der Waals surface area contributed by atoms with Crippen molar-refractivity contribution in [1.82, 2.24) is 10.3 Å². The summed E-state index contributed by atoms with van der Waals surface area (Å²) in [5.74, 6) is -1.78. The summed E-state index contributed by atoms with van der Waals surface area (Å²) in [6.45, 7) is 5.04. The molecule has 0 spiro atoms. The first-order valence-corrected chi connectivity index (χ1v) is 4.87. The number of aromatic nitrogens is 1. The van der Waals surface area contributed by atoms with Gasteiger partial charge in [0.25, 0.3) is 5.91 Å². The topological polar surface area (TPSA) is 92.4 Å². The van der Waals surface area contributed by atoms with Crippen LogP contribution in [0.5, 0.6) is 0 Å². The van der Waals surface area contributed by atoms with E-state index in [0.29, 0.717) is 5.69 Å². The van der Waals surface area contributed by atoms with E-state index in [1.807, 2.05) is 0 Å². The number of carbonyl (C=O) groups excluding carboxylic acids is 1. The minimum atomic E-state index is -1.07. The number of rotatable bonds is 4. The van der Waals surface area contributed by atoms with E-state index in [0.717, 1.165) is 6.39 Å². The standard InChI is InChI=1S/C10H14N2O4/c1-5(2)7(10(14)15)12-9(13)8-6(3)11-4-16-8/h4-5,7H,1-3H3,(H,12,13)(H,14,15). The zero-order chi connectivity index (χ0) is 12.3. The maximum atomic E-state index is 11.6. The van der Waals surface area contributed by atoms with Crippen LogP contribution in [0.15, 0.2) is 10.8 Å². The van der Waals surface area contributed by atoms with E-state index in [4.69, 9.17) is 9.52 Å². The van der Waals surface area contributed by atoms with Crippen molar-refractivity contribution < 1.29 is 19.1 Å². The highest BCUT2D eigenvalue weighted by atomic mass is 16.4. The van der Waals surface area contributed by atoms with Crippen LogP contribution in [-0.4, -0.2) is 28.0 Å². The molecule has 1 aromatic rings.